The van der Waals surface area contributed by atoms with Gasteiger partial charge < -0.3 is 10.0 Å². The number of halogens is 3. The second kappa shape index (κ2) is 6.28. The Hall–Kier alpha value is -1.23. The lowest BCUT2D eigenvalue weighted by atomic mass is 10.1. The molecule has 0 amide bonds. The lowest BCUT2D eigenvalue weighted by Gasteiger charge is -2.32. The van der Waals surface area contributed by atoms with Crippen molar-refractivity contribution in [2.24, 2.45) is 0 Å². The molecule has 1 atom stereocenters. The molecule has 1 aromatic rings. The van der Waals surface area contributed by atoms with Crippen LogP contribution in [0.1, 0.15) is 38.3 Å². The highest BCUT2D eigenvalue weighted by Gasteiger charge is 2.35. The first-order valence-corrected chi connectivity index (χ1v) is 6.42. The molecule has 0 aromatic heterocycles. The van der Waals surface area contributed by atoms with E-state index in [4.69, 9.17) is 5.11 Å². The van der Waals surface area contributed by atoms with Gasteiger partial charge in [-0.25, -0.2) is 0 Å². The first-order valence-electron chi connectivity index (χ1n) is 6.42. The minimum Gasteiger partial charge on any atom is -0.392 e. The normalized spacial score (nSPS) is 13.4. The van der Waals surface area contributed by atoms with Crippen LogP contribution in [0, 0.1) is 0 Å². The number of nitrogens with zero attached hydrogens (tertiary/aromatic N) is 1. The van der Waals surface area contributed by atoms with E-state index in [0.717, 1.165) is 12.5 Å². The van der Waals surface area contributed by atoms with Gasteiger partial charge in [-0.15, -0.1) is 0 Å². The van der Waals surface area contributed by atoms with E-state index in [9.17, 15) is 13.2 Å². The smallest absolute Gasteiger partial charge is 0.392 e. The van der Waals surface area contributed by atoms with Gasteiger partial charge in [-0.3, -0.25) is 0 Å². The van der Waals surface area contributed by atoms with E-state index in [2.05, 4.69) is 0 Å². The van der Waals surface area contributed by atoms with Crippen molar-refractivity contribution in [2.45, 2.75) is 46.0 Å². The van der Waals surface area contributed by atoms with Gasteiger partial charge in [-0.2, -0.15) is 13.2 Å². The van der Waals surface area contributed by atoms with E-state index in [1.54, 1.807) is 4.90 Å². The van der Waals surface area contributed by atoms with Gasteiger partial charge in [0, 0.05) is 18.3 Å². The molecule has 0 aliphatic heterocycles. The van der Waals surface area contributed by atoms with Crippen molar-refractivity contribution in [1.82, 2.24) is 0 Å². The van der Waals surface area contributed by atoms with Crippen LogP contribution < -0.4 is 4.90 Å². The Balaban J connectivity index is 3.33. The number of aliphatic hydroxyl groups is 1. The van der Waals surface area contributed by atoms with Crippen molar-refractivity contribution in [1.29, 1.82) is 0 Å². The summed E-state index contributed by atoms with van der Waals surface area (Å²) in [5, 5.41) is 8.99. The van der Waals surface area contributed by atoms with Gasteiger partial charge in [-0.1, -0.05) is 13.0 Å². The summed E-state index contributed by atoms with van der Waals surface area (Å²) in [6.07, 6.45) is -3.64. The molecule has 0 bridgehead atoms. The van der Waals surface area contributed by atoms with Crippen LogP contribution in [0.15, 0.2) is 18.2 Å². The highest BCUT2D eigenvalue weighted by Crippen LogP contribution is 2.38. The summed E-state index contributed by atoms with van der Waals surface area (Å²) in [6, 6.07) is 4.05. The van der Waals surface area contributed by atoms with Crippen LogP contribution >= 0.6 is 0 Å². The van der Waals surface area contributed by atoms with Crippen LogP contribution in [0.4, 0.5) is 18.9 Å². The zero-order valence-electron chi connectivity index (χ0n) is 11.5. The molecule has 0 aliphatic carbocycles. The molecule has 0 aliphatic rings. The summed E-state index contributed by atoms with van der Waals surface area (Å²) in [5.41, 5.74) is -0.223. The maximum atomic E-state index is 13.1. The first-order chi connectivity index (χ1) is 8.85. The zero-order valence-corrected chi connectivity index (χ0v) is 11.5. The second-order valence-corrected chi connectivity index (χ2v) is 4.55. The summed E-state index contributed by atoms with van der Waals surface area (Å²) in [7, 11) is 0. The maximum Gasteiger partial charge on any atom is 0.418 e. The van der Waals surface area contributed by atoms with Crippen molar-refractivity contribution in [3.63, 3.8) is 0 Å². The highest BCUT2D eigenvalue weighted by molar-refractivity contribution is 5.57. The molecule has 108 valence electrons. The topological polar surface area (TPSA) is 23.5 Å². The summed E-state index contributed by atoms with van der Waals surface area (Å²) in [4.78, 5) is 1.74. The van der Waals surface area contributed by atoms with E-state index in [-0.39, 0.29) is 17.3 Å². The maximum absolute atomic E-state index is 13.1. The zero-order chi connectivity index (χ0) is 14.6. The average molecular weight is 275 g/mol. The second-order valence-electron chi connectivity index (χ2n) is 4.55. The summed E-state index contributed by atoms with van der Waals surface area (Å²) < 4.78 is 39.4. The van der Waals surface area contributed by atoms with Crippen LogP contribution in [0.5, 0.6) is 0 Å². The van der Waals surface area contributed by atoms with E-state index in [0.29, 0.717) is 6.54 Å². The highest BCUT2D eigenvalue weighted by atomic mass is 19.4. The number of aliphatic hydroxyl groups excluding tert-OH is 1. The number of hydrogen-bond donors (Lipinski definition) is 1. The Kier molecular flexibility index (Phi) is 5.23. The van der Waals surface area contributed by atoms with Gasteiger partial charge in [0.05, 0.1) is 12.2 Å². The van der Waals surface area contributed by atoms with Gasteiger partial charge in [0.2, 0.25) is 0 Å². The van der Waals surface area contributed by atoms with E-state index in [1.165, 1.54) is 12.1 Å². The minimum absolute atomic E-state index is 0.0334. The Morgan fingerprint density at radius 2 is 1.89 bits per heavy atom. The van der Waals surface area contributed by atoms with Crippen LogP contribution in [0.2, 0.25) is 0 Å². The van der Waals surface area contributed by atoms with Crippen molar-refractivity contribution < 1.29 is 18.3 Å². The molecule has 2 nitrogen and oxygen atoms in total. The lowest BCUT2D eigenvalue weighted by Crippen LogP contribution is -2.34. The van der Waals surface area contributed by atoms with Crippen molar-refractivity contribution in [2.75, 3.05) is 11.4 Å². The van der Waals surface area contributed by atoms with Gasteiger partial charge in [-0.05, 0) is 38.0 Å². The molecule has 5 heteroatoms. The SMILES string of the molecule is CCC(C)N(CC)c1ccc(CO)cc1C(F)(F)F. The molecular weight excluding hydrogens is 255 g/mol. The van der Waals surface area contributed by atoms with Crippen LogP contribution in [0.25, 0.3) is 0 Å². The molecule has 19 heavy (non-hydrogen) atoms. The fourth-order valence-corrected chi connectivity index (χ4v) is 2.10. The van der Waals surface area contributed by atoms with Crippen LogP contribution in [0.3, 0.4) is 0 Å². The van der Waals surface area contributed by atoms with E-state index >= 15 is 0 Å². The fourth-order valence-electron chi connectivity index (χ4n) is 2.10. The van der Waals surface area contributed by atoms with Gasteiger partial charge in [0.25, 0.3) is 0 Å². The van der Waals surface area contributed by atoms with Crippen molar-refractivity contribution in [3.05, 3.63) is 29.3 Å². The van der Waals surface area contributed by atoms with E-state index < -0.39 is 18.3 Å². The van der Waals surface area contributed by atoms with Crippen molar-refractivity contribution >= 4 is 5.69 Å². The third kappa shape index (κ3) is 3.62. The Morgan fingerprint density at radius 3 is 2.32 bits per heavy atom. The number of benzene rings is 1. The molecule has 0 fully saturated rings. The molecule has 0 heterocycles. The molecule has 0 saturated heterocycles. The predicted octanol–water partition coefficient (Wildman–Crippen LogP) is 3.82. The van der Waals surface area contributed by atoms with E-state index in [1.807, 2.05) is 20.8 Å². The molecule has 1 rings (SSSR count). The van der Waals surface area contributed by atoms with Gasteiger partial charge >= 0.3 is 6.18 Å². The lowest BCUT2D eigenvalue weighted by molar-refractivity contribution is -0.137. The Labute approximate surface area is 111 Å². The minimum atomic E-state index is -4.42. The summed E-state index contributed by atoms with van der Waals surface area (Å²) in [6.45, 7) is 5.81. The number of anilines is 1. The largest absolute Gasteiger partial charge is 0.418 e. The monoisotopic (exact) mass is 275 g/mol. The number of hydrogen-bond acceptors (Lipinski definition) is 2. The van der Waals surface area contributed by atoms with Crippen molar-refractivity contribution in [3.8, 4) is 0 Å². The average Bonchev–Trinajstić information content (AvgIpc) is 2.38. The Morgan fingerprint density at radius 1 is 1.26 bits per heavy atom. The summed E-state index contributed by atoms with van der Waals surface area (Å²) >= 11 is 0. The van der Waals surface area contributed by atoms with Crippen LogP contribution in [-0.4, -0.2) is 17.7 Å². The quantitative estimate of drug-likeness (QED) is 0.883. The molecule has 0 radical (unpaired) electrons. The van der Waals surface area contributed by atoms with Gasteiger partial charge in [0.1, 0.15) is 0 Å². The van der Waals surface area contributed by atoms with Crippen LogP contribution in [-0.2, 0) is 12.8 Å². The van der Waals surface area contributed by atoms with Gasteiger partial charge in [0.15, 0.2) is 0 Å². The number of rotatable bonds is 5. The molecule has 1 aromatic carbocycles. The predicted molar refractivity (Wildman–Crippen MR) is 70.1 cm³/mol. The molecule has 0 saturated carbocycles. The molecule has 0 spiro atoms. The number of alkyl halides is 3. The standard InChI is InChI=1S/C14H20F3NO/c1-4-10(3)18(5-2)13-7-6-11(9-19)8-12(13)14(15,16)17/h6-8,10,19H,4-5,9H2,1-3H3. The first kappa shape index (κ1) is 15.8. The third-order valence-electron chi connectivity index (χ3n) is 3.32. The summed E-state index contributed by atoms with van der Waals surface area (Å²) in [5.74, 6) is 0. The third-order valence-corrected chi connectivity index (χ3v) is 3.32. The molecular formula is C14H20F3NO. The fraction of sp³-hybridized carbons (Fsp3) is 0.571. The molecule has 1 N–H and O–H groups in total. The Bertz CT molecular complexity index is 418. The molecule has 1 unspecified atom stereocenters.